The van der Waals surface area contributed by atoms with Gasteiger partial charge in [0.05, 0.1) is 22.8 Å². The summed E-state index contributed by atoms with van der Waals surface area (Å²) in [5.74, 6) is -8.47. The number of nitrogens with one attached hydrogen (secondary N) is 1. The van der Waals surface area contributed by atoms with E-state index in [0.717, 1.165) is 0 Å². The van der Waals surface area contributed by atoms with Crippen LogP contribution in [0.3, 0.4) is 0 Å². The zero-order valence-electron chi connectivity index (χ0n) is 24.0. The van der Waals surface area contributed by atoms with E-state index < -0.39 is 75.3 Å². The number of anilines is 1. The minimum Gasteiger partial charge on any atom is -0.510 e. The summed E-state index contributed by atoms with van der Waals surface area (Å²) in [6.45, 7) is 5.12. The largest absolute Gasteiger partial charge is 0.510 e. The minimum absolute atomic E-state index is 0.0406. The third-order valence-electron chi connectivity index (χ3n) is 7.88. The van der Waals surface area contributed by atoms with Crippen molar-refractivity contribution in [1.82, 2.24) is 10.4 Å². The van der Waals surface area contributed by atoms with Crippen molar-refractivity contribution < 1.29 is 44.4 Å². The smallest absolute Gasteiger partial charge is 0.278 e. The second kappa shape index (κ2) is 9.86. The molecule has 0 unspecified atom stereocenters. The standard InChI is InChI=1S/C28H36N4O9/c1-27(2,3)41-30-26(39)13-10-15(31(4)5)12-8-11-9-14-19(32(6)7)22(35)18(25(29)38)24(37)28(14,40)23(36)16(11)21(34)17(12)20(13)33/h10-11,14,19,33,35-36,40H,8-9H2,1-7H3,(H2,29,38)(H,30,39)/t11-,14-,19-,28-/m0/s1. The monoisotopic (exact) mass is 572 g/mol. The SMILES string of the molecule is CN(C)c1cc(C(=O)NOC(C)(C)C)c(O)c2c1C[C@H]1C[C@H]3[C@H](N(C)C)C(O)=C(C(N)=O)C(=O)[C@@]3(O)C(O)=C1C2=O. The Hall–Kier alpha value is -3.94. The first-order valence-corrected chi connectivity index (χ1v) is 13.0. The maximum absolute atomic E-state index is 14.0. The molecule has 0 bridgehead atoms. The summed E-state index contributed by atoms with van der Waals surface area (Å²) >= 11 is 0. The minimum atomic E-state index is -2.75. The number of primary amides is 1. The number of amides is 2. The summed E-state index contributed by atoms with van der Waals surface area (Å²) in [5.41, 5.74) is 3.26. The van der Waals surface area contributed by atoms with Crippen molar-refractivity contribution in [1.29, 1.82) is 0 Å². The number of nitrogens with two attached hydrogens (primary N) is 1. The Bertz CT molecular complexity index is 1440. The van der Waals surface area contributed by atoms with Gasteiger partial charge in [-0.05, 0) is 65.3 Å². The second-order valence-electron chi connectivity index (χ2n) is 12.1. The van der Waals surface area contributed by atoms with Gasteiger partial charge < -0.3 is 31.1 Å². The summed E-state index contributed by atoms with van der Waals surface area (Å²) in [7, 11) is 6.52. The summed E-state index contributed by atoms with van der Waals surface area (Å²) in [6.07, 6.45) is 0.0526. The predicted octanol–water partition coefficient (Wildman–Crippen LogP) is 0.647. The van der Waals surface area contributed by atoms with Gasteiger partial charge in [0.2, 0.25) is 5.78 Å². The molecule has 2 amide bonds. The van der Waals surface area contributed by atoms with E-state index in [1.807, 2.05) is 0 Å². The van der Waals surface area contributed by atoms with Crippen LogP contribution in [0.1, 0.15) is 53.5 Å². The topological polar surface area (TPSA) is 203 Å². The molecule has 13 nitrogen and oxygen atoms in total. The molecule has 3 aliphatic rings. The van der Waals surface area contributed by atoms with Crippen LogP contribution in [0.2, 0.25) is 0 Å². The molecule has 0 aliphatic heterocycles. The summed E-state index contributed by atoms with van der Waals surface area (Å²) < 4.78 is 0. The van der Waals surface area contributed by atoms with Crippen LogP contribution in [0.5, 0.6) is 5.75 Å². The van der Waals surface area contributed by atoms with E-state index in [1.54, 1.807) is 53.9 Å². The summed E-state index contributed by atoms with van der Waals surface area (Å²) in [5, 5.41) is 45.3. The third-order valence-corrected chi connectivity index (χ3v) is 7.88. The van der Waals surface area contributed by atoms with E-state index in [0.29, 0.717) is 11.3 Å². The number of ketones is 2. The molecule has 222 valence electrons. The van der Waals surface area contributed by atoms with E-state index >= 15 is 0 Å². The molecule has 4 rings (SSSR count). The zero-order valence-corrected chi connectivity index (χ0v) is 24.0. The van der Waals surface area contributed by atoms with Gasteiger partial charge >= 0.3 is 0 Å². The van der Waals surface area contributed by atoms with Crippen molar-refractivity contribution in [3.8, 4) is 5.75 Å². The molecule has 7 N–H and O–H groups in total. The first-order chi connectivity index (χ1) is 18.8. The van der Waals surface area contributed by atoms with Crippen LogP contribution in [0, 0.1) is 11.8 Å². The molecule has 0 saturated heterocycles. The fourth-order valence-corrected chi connectivity index (χ4v) is 6.13. The number of nitrogens with zero attached hydrogens (tertiary/aromatic N) is 2. The highest BCUT2D eigenvalue weighted by Crippen LogP contribution is 2.53. The van der Waals surface area contributed by atoms with E-state index in [2.05, 4.69) is 5.48 Å². The number of Topliss-reactive ketones (excluding diaryl/α,β-unsaturated/α-hetero) is 2. The number of allylic oxidation sites excluding steroid dienone is 1. The molecular formula is C28H36N4O9. The lowest BCUT2D eigenvalue weighted by molar-refractivity contribution is -0.148. The number of rotatable bonds is 5. The van der Waals surface area contributed by atoms with Gasteiger partial charge in [-0.3, -0.25) is 28.9 Å². The molecule has 1 aromatic rings. The van der Waals surface area contributed by atoms with Crippen molar-refractivity contribution in [2.45, 2.75) is 50.9 Å². The Morgan fingerprint density at radius 3 is 2.24 bits per heavy atom. The maximum atomic E-state index is 14.0. The van der Waals surface area contributed by atoms with E-state index in [4.69, 9.17) is 10.6 Å². The highest BCUT2D eigenvalue weighted by Gasteiger charge is 2.63. The van der Waals surface area contributed by atoms with Crippen LogP contribution in [0.15, 0.2) is 28.7 Å². The van der Waals surface area contributed by atoms with Crippen molar-refractivity contribution in [3.63, 3.8) is 0 Å². The molecule has 0 aromatic heterocycles. The zero-order chi connectivity index (χ0) is 30.9. The Kier molecular flexibility index (Phi) is 7.22. The molecule has 0 radical (unpaired) electrons. The number of fused-ring (bicyclic) bond motifs is 3. The molecular weight excluding hydrogens is 536 g/mol. The molecule has 1 aromatic carbocycles. The van der Waals surface area contributed by atoms with Crippen molar-refractivity contribution in [3.05, 3.63) is 45.4 Å². The normalized spacial score (nSPS) is 26.0. The fraction of sp³-hybridized carbons (Fsp3) is 0.500. The quantitative estimate of drug-likeness (QED) is 0.213. The molecule has 41 heavy (non-hydrogen) atoms. The van der Waals surface area contributed by atoms with Crippen LogP contribution >= 0.6 is 0 Å². The van der Waals surface area contributed by atoms with E-state index in [1.165, 1.54) is 11.0 Å². The Labute approximate surface area is 236 Å². The highest BCUT2D eigenvalue weighted by molar-refractivity contribution is 6.25. The number of carbonyl (C=O) groups excluding carboxylic acids is 4. The molecule has 3 aliphatic carbocycles. The number of carbonyl (C=O) groups is 4. The van der Waals surface area contributed by atoms with Gasteiger partial charge in [-0.1, -0.05) is 0 Å². The number of phenols is 1. The Morgan fingerprint density at radius 2 is 1.73 bits per heavy atom. The predicted molar refractivity (Wildman–Crippen MR) is 146 cm³/mol. The lowest BCUT2D eigenvalue weighted by Gasteiger charge is -2.50. The summed E-state index contributed by atoms with van der Waals surface area (Å²) in [6, 6.07) is 0.341. The van der Waals surface area contributed by atoms with Crippen LogP contribution in [-0.4, -0.2) is 94.1 Å². The van der Waals surface area contributed by atoms with Gasteiger partial charge in [0.25, 0.3) is 11.8 Å². The van der Waals surface area contributed by atoms with Crippen LogP contribution in [-0.2, 0) is 20.8 Å². The molecule has 0 saturated carbocycles. The van der Waals surface area contributed by atoms with Crippen LogP contribution in [0.4, 0.5) is 5.69 Å². The highest BCUT2D eigenvalue weighted by atomic mass is 16.7. The Balaban J connectivity index is 1.93. The number of benzene rings is 1. The van der Waals surface area contributed by atoms with Gasteiger partial charge in [0.15, 0.2) is 11.4 Å². The van der Waals surface area contributed by atoms with Gasteiger partial charge in [-0.2, -0.15) is 0 Å². The van der Waals surface area contributed by atoms with Gasteiger partial charge in [-0.15, -0.1) is 0 Å². The number of hydrogen-bond acceptors (Lipinski definition) is 11. The maximum Gasteiger partial charge on any atom is 0.278 e. The van der Waals surface area contributed by atoms with Crippen molar-refractivity contribution in [2.24, 2.45) is 17.6 Å². The van der Waals surface area contributed by atoms with Crippen molar-refractivity contribution in [2.75, 3.05) is 33.1 Å². The fourth-order valence-electron chi connectivity index (χ4n) is 6.13. The van der Waals surface area contributed by atoms with Crippen LogP contribution in [0.25, 0.3) is 0 Å². The van der Waals surface area contributed by atoms with Gasteiger partial charge in [-0.25, -0.2) is 5.48 Å². The third kappa shape index (κ3) is 4.53. The number of aliphatic hydroxyl groups excluding tert-OH is 2. The van der Waals surface area contributed by atoms with Crippen molar-refractivity contribution >= 4 is 29.1 Å². The number of phenolic OH excluding ortho intramolecular Hbond substituents is 1. The second-order valence-corrected chi connectivity index (χ2v) is 12.1. The molecule has 0 spiro atoms. The van der Waals surface area contributed by atoms with Gasteiger partial charge in [0, 0.05) is 31.3 Å². The molecule has 0 heterocycles. The molecule has 0 fully saturated rings. The number of hydroxylamine groups is 1. The number of hydrogen-bond donors (Lipinski definition) is 6. The van der Waals surface area contributed by atoms with Crippen LogP contribution < -0.4 is 16.1 Å². The van der Waals surface area contributed by atoms with Gasteiger partial charge in [0.1, 0.15) is 22.8 Å². The first kappa shape index (κ1) is 30.0. The number of aromatic hydroxyl groups is 1. The molecule has 13 heteroatoms. The molecule has 4 atom stereocenters. The first-order valence-electron chi connectivity index (χ1n) is 13.0. The number of likely N-dealkylation sites (N-methyl/N-ethyl adjacent to an activating group) is 1. The van der Waals surface area contributed by atoms with E-state index in [9.17, 15) is 39.6 Å². The Morgan fingerprint density at radius 1 is 1.12 bits per heavy atom. The lowest BCUT2D eigenvalue weighted by Crippen LogP contribution is -2.63. The van der Waals surface area contributed by atoms with E-state index in [-0.39, 0.29) is 29.5 Å². The lowest BCUT2D eigenvalue weighted by atomic mass is 9.58. The average Bonchev–Trinajstić information content (AvgIpc) is 2.83. The number of aliphatic hydroxyl groups is 3. The summed E-state index contributed by atoms with van der Waals surface area (Å²) in [4.78, 5) is 61.1. The average molecular weight is 573 g/mol.